The molecule has 2 N–H and O–H groups in total. The first-order valence-electron chi connectivity index (χ1n) is 14.7. The van der Waals surface area contributed by atoms with Gasteiger partial charge in [-0.05, 0) is 86.5 Å². The Morgan fingerprint density at radius 1 is 1.13 bits per heavy atom. The molecule has 4 rings (SSSR count). The maximum Gasteiger partial charge on any atom is 0.251 e. The van der Waals surface area contributed by atoms with Crippen molar-refractivity contribution in [2.24, 2.45) is 5.92 Å². The van der Waals surface area contributed by atoms with Gasteiger partial charge < -0.3 is 20.4 Å². The number of amides is 2. The van der Waals surface area contributed by atoms with Crippen molar-refractivity contribution in [3.8, 4) is 0 Å². The zero-order valence-electron chi connectivity index (χ0n) is 23.7. The lowest BCUT2D eigenvalue weighted by atomic mass is 9.98. The smallest absolute Gasteiger partial charge is 0.251 e. The maximum absolute atomic E-state index is 13.7. The summed E-state index contributed by atoms with van der Waals surface area (Å²) in [7, 11) is 0. The van der Waals surface area contributed by atoms with Gasteiger partial charge in [-0.15, -0.1) is 0 Å². The number of alkyl halides is 1. The number of hydrogen-bond donors (Lipinski definition) is 2. The van der Waals surface area contributed by atoms with E-state index in [1.807, 2.05) is 23.1 Å². The van der Waals surface area contributed by atoms with Crippen LogP contribution < -0.4 is 10.6 Å². The Morgan fingerprint density at radius 2 is 1.87 bits per heavy atom. The summed E-state index contributed by atoms with van der Waals surface area (Å²) in [6.07, 6.45) is 6.40. The van der Waals surface area contributed by atoms with Crippen LogP contribution in [0.25, 0.3) is 10.8 Å². The summed E-state index contributed by atoms with van der Waals surface area (Å²) in [6, 6.07) is 12.1. The van der Waals surface area contributed by atoms with E-state index in [1.54, 1.807) is 0 Å². The molecule has 2 heterocycles. The second kappa shape index (κ2) is 14.6. The van der Waals surface area contributed by atoms with Crippen LogP contribution in [0, 0.1) is 5.92 Å². The maximum atomic E-state index is 13.7. The molecule has 0 bridgehead atoms. The van der Waals surface area contributed by atoms with Crippen LogP contribution in [-0.4, -0.2) is 73.0 Å². The number of likely N-dealkylation sites (tertiary alicyclic amines) is 1. The molecule has 0 saturated carbocycles. The lowest BCUT2D eigenvalue weighted by Crippen LogP contribution is -2.50. The van der Waals surface area contributed by atoms with Gasteiger partial charge in [0.2, 0.25) is 5.91 Å². The molecular formula is C32H45IN4O2. The van der Waals surface area contributed by atoms with Gasteiger partial charge in [0.05, 0.1) is 6.04 Å². The van der Waals surface area contributed by atoms with E-state index >= 15 is 0 Å². The van der Waals surface area contributed by atoms with E-state index in [9.17, 15) is 9.59 Å². The summed E-state index contributed by atoms with van der Waals surface area (Å²) in [5.74, 6) is 0.442. The van der Waals surface area contributed by atoms with Gasteiger partial charge in [0, 0.05) is 42.2 Å². The summed E-state index contributed by atoms with van der Waals surface area (Å²) >= 11 is 2.37. The molecule has 2 amide bonds. The lowest BCUT2D eigenvalue weighted by molar-refractivity contribution is -0.133. The first-order valence-corrected chi connectivity index (χ1v) is 16.2. The molecule has 0 aliphatic carbocycles. The van der Waals surface area contributed by atoms with Crippen LogP contribution in [0.3, 0.4) is 0 Å². The van der Waals surface area contributed by atoms with Crippen LogP contribution in [0.2, 0.25) is 0 Å². The summed E-state index contributed by atoms with van der Waals surface area (Å²) in [5, 5.41) is 9.03. The fourth-order valence-corrected chi connectivity index (χ4v) is 6.34. The molecule has 2 aliphatic rings. The fourth-order valence-electron chi connectivity index (χ4n) is 5.86. The Hall–Kier alpha value is -1.97. The van der Waals surface area contributed by atoms with Gasteiger partial charge >= 0.3 is 0 Å². The number of carbonyl (C=O) groups is 2. The Labute approximate surface area is 248 Å². The van der Waals surface area contributed by atoms with Crippen LogP contribution >= 0.6 is 22.6 Å². The number of rotatable bonds is 11. The van der Waals surface area contributed by atoms with E-state index in [0.717, 1.165) is 66.2 Å². The number of fused-ring (bicyclic) bond motifs is 1. The standard InChI is InChI=1S/C32H45IN4O2/c1-4-25(23(2)3)22-37-17-12-29(35-30(32(37)39)13-16-36-14-6-5-7-15-36)21-34-31(38)28-11-10-26-18-24(20-33)8-9-27(26)19-28/h8-11,18-19,25,29-30,35H,2,4-7,12-17,20-22H2,1,3H3,(H,34,38)/t25-,29+,30+/m1/s1. The summed E-state index contributed by atoms with van der Waals surface area (Å²) < 4.78 is 0.968. The van der Waals surface area contributed by atoms with Gasteiger partial charge in [-0.1, -0.05) is 72.4 Å². The van der Waals surface area contributed by atoms with Crippen molar-refractivity contribution in [1.29, 1.82) is 0 Å². The van der Waals surface area contributed by atoms with E-state index in [0.29, 0.717) is 24.6 Å². The number of halogens is 1. The second-order valence-electron chi connectivity index (χ2n) is 11.4. The Balaban J connectivity index is 1.41. The molecule has 39 heavy (non-hydrogen) atoms. The van der Waals surface area contributed by atoms with Crippen LogP contribution in [-0.2, 0) is 9.22 Å². The second-order valence-corrected chi connectivity index (χ2v) is 12.1. The molecule has 2 aliphatic heterocycles. The minimum Gasteiger partial charge on any atom is -0.350 e. The van der Waals surface area contributed by atoms with Crippen molar-refractivity contribution >= 4 is 45.2 Å². The molecule has 0 radical (unpaired) electrons. The van der Waals surface area contributed by atoms with Crippen LogP contribution in [0.1, 0.15) is 68.3 Å². The first-order chi connectivity index (χ1) is 18.9. The molecule has 2 aromatic rings. The Bertz CT molecular complexity index is 1150. The molecule has 3 atom stereocenters. The molecule has 0 aromatic heterocycles. The largest absolute Gasteiger partial charge is 0.350 e. The van der Waals surface area contributed by atoms with Gasteiger partial charge in [-0.3, -0.25) is 9.59 Å². The quantitative estimate of drug-likeness (QED) is 0.192. The predicted molar refractivity (Wildman–Crippen MR) is 169 cm³/mol. The average molecular weight is 645 g/mol. The minimum absolute atomic E-state index is 0.0471. The molecule has 2 aromatic carbocycles. The zero-order chi connectivity index (χ0) is 27.8. The van der Waals surface area contributed by atoms with E-state index in [2.05, 4.69) is 76.7 Å². The van der Waals surface area contributed by atoms with Gasteiger partial charge in [0.15, 0.2) is 0 Å². The molecule has 7 heteroatoms. The molecule has 0 spiro atoms. The summed E-state index contributed by atoms with van der Waals surface area (Å²) in [6.45, 7) is 13.5. The van der Waals surface area contributed by atoms with Crippen LogP contribution in [0.4, 0.5) is 0 Å². The van der Waals surface area contributed by atoms with E-state index in [1.165, 1.54) is 24.8 Å². The predicted octanol–water partition coefficient (Wildman–Crippen LogP) is 5.54. The van der Waals surface area contributed by atoms with Gasteiger partial charge in [0.25, 0.3) is 5.91 Å². The highest BCUT2D eigenvalue weighted by molar-refractivity contribution is 14.1. The molecular weight excluding hydrogens is 599 g/mol. The topological polar surface area (TPSA) is 64.7 Å². The fraction of sp³-hybridized carbons (Fsp3) is 0.562. The van der Waals surface area contributed by atoms with Crippen LogP contribution in [0.15, 0.2) is 48.6 Å². The van der Waals surface area contributed by atoms with Gasteiger partial charge in [-0.2, -0.15) is 0 Å². The van der Waals surface area contributed by atoms with Crippen LogP contribution in [0.5, 0.6) is 0 Å². The van der Waals surface area contributed by atoms with Crippen molar-refractivity contribution < 1.29 is 9.59 Å². The van der Waals surface area contributed by atoms with Gasteiger partial charge in [-0.25, -0.2) is 0 Å². The number of benzene rings is 2. The Kier molecular flexibility index (Phi) is 11.2. The van der Waals surface area contributed by atoms with Crippen molar-refractivity contribution in [3.63, 3.8) is 0 Å². The third-order valence-electron chi connectivity index (χ3n) is 8.44. The van der Waals surface area contributed by atoms with Crippen molar-refractivity contribution in [2.75, 3.05) is 39.3 Å². The summed E-state index contributed by atoms with van der Waals surface area (Å²) in [5.41, 5.74) is 3.09. The third kappa shape index (κ3) is 8.27. The summed E-state index contributed by atoms with van der Waals surface area (Å²) in [4.78, 5) is 31.3. The van der Waals surface area contributed by atoms with Gasteiger partial charge in [0.1, 0.15) is 0 Å². The van der Waals surface area contributed by atoms with E-state index in [4.69, 9.17) is 0 Å². The lowest BCUT2D eigenvalue weighted by Gasteiger charge is -2.31. The highest BCUT2D eigenvalue weighted by Gasteiger charge is 2.32. The molecule has 2 saturated heterocycles. The minimum atomic E-state index is -0.230. The molecule has 6 nitrogen and oxygen atoms in total. The van der Waals surface area contributed by atoms with Crippen molar-refractivity contribution in [1.82, 2.24) is 20.4 Å². The van der Waals surface area contributed by atoms with E-state index in [-0.39, 0.29) is 23.9 Å². The number of nitrogens with one attached hydrogen (secondary N) is 2. The monoisotopic (exact) mass is 644 g/mol. The number of carbonyl (C=O) groups excluding carboxylic acids is 2. The number of nitrogens with zero attached hydrogens (tertiary/aromatic N) is 2. The van der Waals surface area contributed by atoms with E-state index < -0.39 is 0 Å². The molecule has 2 fully saturated rings. The normalized spacial score (nSPS) is 21.5. The first kappa shape index (κ1) is 30.0. The highest BCUT2D eigenvalue weighted by Crippen LogP contribution is 2.21. The molecule has 212 valence electrons. The number of hydrogen-bond acceptors (Lipinski definition) is 4. The zero-order valence-corrected chi connectivity index (χ0v) is 25.8. The van der Waals surface area contributed by atoms with Crippen molar-refractivity contribution in [3.05, 3.63) is 59.7 Å². The number of piperidine rings is 1. The SMILES string of the molecule is C=C(C)[C@H](CC)CN1CC[C@@H](CNC(=O)c2ccc3cc(CI)ccc3c2)N[C@@H](CCN2CCCCC2)C1=O. The third-order valence-corrected chi connectivity index (χ3v) is 9.32. The Morgan fingerprint density at radius 3 is 2.59 bits per heavy atom. The average Bonchev–Trinajstić information content (AvgIpc) is 3.11. The highest BCUT2D eigenvalue weighted by atomic mass is 127. The van der Waals surface area contributed by atoms with Crippen molar-refractivity contribution in [2.45, 2.75) is 68.9 Å². The molecule has 0 unspecified atom stereocenters.